The second-order valence-electron chi connectivity index (χ2n) is 11.7. The zero-order chi connectivity index (χ0) is 32.2. The van der Waals surface area contributed by atoms with Gasteiger partial charge < -0.3 is 18.9 Å². The second-order valence-corrected chi connectivity index (χ2v) is 12.4. The molecule has 0 spiro atoms. The topological polar surface area (TPSA) is 69.2 Å². The molecule has 0 saturated carbocycles. The minimum absolute atomic E-state index is 0.577. The Bertz CT molecular complexity index is 1590. The first-order valence-corrected chi connectivity index (χ1v) is 16.4. The number of halogens is 2. The molecule has 0 fully saturated rings. The summed E-state index contributed by atoms with van der Waals surface area (Å²) in [4.78, 5) is 14.6. The van der Waals surface area contributed by atoms with E-state index in [4.69, 9.17) is 52.1 Å². The van der Waals surface area contributed by atoms with Crippen LogP contribution in [0.1, 0.15) is 22.3 Å². The molecule has 2 aliphatic rings. The first kappa shape index (κ1) is 32.7. The molecular formula is C36H40Cl2N4O4. The summed E-state index contributed by atoms with van der Waals surface area (Å²) in [5, 5.41) is 1.15. The molecule has 0 atom stereocenters. The molecule has 0 bridgehead atoms. The van der Waals surface area contributed by atoms with E-state index in [-0.39, 0.29) is 0 Å². The van der Waals surface area contributed by atoms with Crippen molar-refractivity contribution in [2.24, 2.45) is 0 Å². The van der Waals surface area contributed by atoms with Gasteiger partial charge in [0.1, 0.15) is 0 Å². The fraction of sp³-hybridized carbons (Fsp3) is 0.389. The summed E-state index contributed by atoms with van der Waals surface area (Å²) in [6.07, 6.45) is 1.75. The lowest BCUT2D eigenvalue weighted by Crippen LogP contribution is -2.33. The Morgan fingerprint density at radius 1 is 0.630 bits per heavy atom. The average Bonchev–Trinajstić information content (AvgIpc) is 3.08. The Morgan fingerprint density at radius 2 is 1.04 bits per heavy atom. The lowest BCUT2D eigenvalue weighted by molar-refractivity contribution is 0.140. The van der Waals surface area contributed by atoms with Gasteiger partial charge >= 0.3 is 0 Å². The van der Waals surface area contributed by atoms with Crippen molar-refractivity contribution in [3.05, 3.63) is 80.8 Å². The van der Waals surface area contributed by atoms with Crippen LogP contribution in [0, 0.1) is 0 Å². The van der Waals surface area contributed by atoms with E-state index >= 15 is 0 Å². The van der Waals surface area contributed by atoms with Gasteiger partial charge in [-0.15, -0.1) is 0 Å². The average molecular weight is 664 g/mol. The van der Waals surface area contributed by atoms with Crippen LogP contribution in [-0.2, 0) is 35.4 Å². The number of ether oxygens (including phenoxy) is 4. The van der Waals surface area contributed by atoms with Gasteiger partial charge in [0.25, 0.3) is 0 Å². The molecule has 0 N–H and O–H groups in total. The number of benzene rings is 2. The molecule has 2 aromatic heterocycles. The highest BCUT2D eigenvalue weighted by molar-refractivity contribution is 6.39. The Balaban J connectivity index is 1.37. The maximum Gasteiger partial charge on any atom is 0.217 e. The van der Waals surface area contributed by atoms with Gasteiger partial charge in [0.2, 0.25) is 11.8 Å². The summed E-state index contributed by atoms with van der Waals surface area (Å²) in [5.74, 6) is 1.29. The van der Waals surface area contributed by atoms with Crippen LogP contribution in [0.15, 0.2) is 48.5 Å². The maximum atomic E-state index is 7.21. The van der Waals surface area contributed by atoms with Crippen LogP contribution in [0.5, 0.6) is 11.8 Å². The quantitative estimate of drug-likeness (QED) is 0.174. The Hall–Kier alpha value is -3.24. The third-order valence-electron chi connectivity index (χ3n) is 8.95. The van der Waals surface area contributed by atoms with Crippen molar-refractivity contribution in [2.45, 2.75) is 25.9 Å². The lowest BCUT2D eigenvalue weighted by atomic mass is 9.95. The minimum atomic E-state index is 0.577. The van der Waals surface area contributed by atoms with E-state index in [0.29, 0.717) is 35.0 Å². The number of hydrogen-bond donors (Lipinski definition) is 0. The minimum Gasteiger partial charge on any atom is -0.481 e. The van der Waals surface area contributed by atoms with Crippen LogP contribution < -0.4 is 9.47 Å². The smallest absolute Gasteiger partial charge is 0.217 e. The standard InChI is InChI=1S/C36H40Cl2N4O4/c1-43-17-15-41-13-11-25-23(21-41)19-31(39-35(25)45-3)29-9-5-7-27(33(29)37)28-8-6-10-30(34(28)38)32-20-24-22-42(16-18-44-2)14-12-26(24)36(40-32)46-4/h5-10,19-20H,11-18,21-22H2,1-4H3. The van der Waals surface area contributed by atoms with E-state index in [1.54, 1.807) is 28.4 Å². The Labute approximate surface area is 281 Å². The lowest BCUT2D eigenvalue weighted by Gasteiger charge is -2.29. The highest BCUT2D eigenvalue weighted by Crippen LogP contribution is 2.43. The first-order chi connectivity index (χ1) is 22.4. The van der Waals surface area contributed by atoms with Crippen molar-refractivity contribution in [2.75, 3.05) is 67.8 Å². The molecule has 0 amide bonds. The Morgan fingerprint density at radius 3 is 1.43 bits per heavy atom. The predicted molar refractivity (Wildman–Crippen MR) is 183 cm³/mol. The SMILES string of the molecule is COCCN1CCc2c(cc(-c3cccc(-c4cccc(-c5cc6c(c(OC)n5)CCN(CCOC)C6)c4Cl)c3Cl)nc2OC)C1. The van der Waals surface area contributed by atoms with Crippen molar-refractivity contribution in [3.8, 4) is 45.4 Å². The molecule has 4 heterocycles. The molecule has 0 aliphatic carbocycles. The summed E-state index contributed by atoms with van der Waals surface area (Å²) in [6, 6.07) is 16.2. The van der Waals surface area contributed by atoms with Gasteiger partial charge in [-0.1, -0.05) is 59.6 Å². The highest BCUT2D eigenvalue weighted by Gasteiger charge is 2.25. The molecule has 46 heavy (non-hydrogen) atoms. The fourth-order valence-electron chi connectivity index (χ4n) is 6.51. The van der Waals surface area contributed by atoms with Crippen LogP contribution >= 0.6 is 23.2 Å². The van der Waals surface area contributed by atoms with Crippen molar-refractivity contribution in [1.82, 2.24) is 19.8 Å². The van der Waals surface area contributed by atoms with Crippen molar-refractivity contribution in [1.29, 1.82) is 0 Å². The number of rotatable bonds is 11. The van der Waals surface area contributed by atoms with E-state index in [0.717, 1.165) is 96.9 Å². The van der Waals surface area contributed by atoms with Gasteiger partial charge in [-0.05, 0) is 36.1 Å². The van der Waals surface area contributed by atoms with E-state index in [1.807, 2.05) is 36.4 Å². The zero-order valence-corrected chi connectivity index (χ0v) is 28.4. The molecule has 0 saturated heterocycles. The van der Waals surface area contributed by atoms with E-state index in [2.05, 4.69) is 21.9 Å². The molecule has 0 radical (unpaired) electrons. The summed E-state index contributed by atoms with van der Waals surface area (Å²) in [6.45, 7) is 6.62. The molecule has 8 nitrogen and oxygen atoms in total. The van der Waals surface area contributed by atoms with Crippen LogP contribution in [-0.4, -0.2) is 87.6 Å². The van der Waals surface area contributed by atoms with Crippen LogP contribution in [0.25, 0.3) is 33.6 Å². The normalized spacial score (nSPS) is 15.0. The first-order valence-electron chi connectivity index (χ1n) is 15.6. The van der Waals surface area contributed by atoms with Gasteiger partial charge in [0.05, 0.1) is 48.9 Å². The third kappa shape index (κ3) is 6.61. The molecule has 2 aliphatic heterocycles. The second kappa shape index (κ2) is 14.7. The van der Waals surface area contributed by atoms with Crippen molar-refractivity contribution >= 4 is 23.2 Å². The molecule has 0 unspecified atom stereocenters. The number of hydrogen-bond acceptors (Lipinski definition) is 8. The monoisotopic (exact) mass is 662 g/mol. The third-order valence-corrected chi connectivity index (χ3v) is 9.77. The number of nitrogens with zero attached hydrogens (tertiary/aromatic N) is 4. The van der Waals surface area contributed by atoms with Crippen molar-refractivity contribution < 1.29 is 18.9 Å². The van der Waals surface area contributed by atoms with Gasteiger partial charge in [0.15, 0.2) is 0 Å². The number of methoxy groups -OCH3 is 4. The Kier molecular flexibility index (Phi) is 10.4. The number of fused-ring (bicyclic) bond motifs is 2. The molecule has 6 rings (SSSR count). The van der Waals surface area contributed by atoms with E-state index in [1.165, 1.54) is 11.1 Å². The number of pyridine rings is 2. The van der Waals surface area contributed by atoms with Crippen LogP contribution in [0.4, 0.5) is 0 Å². The summed E-state index contributed by atoms with van der Waals surface area (Å²) in [7, 11) is 6.82. The molecule has 242 valence electrons. The van der Waals surface area contributed by atoms with Gasteiger partial charge in [-0.25, -0.2) is 9.97 Å². The predicted octanol–water partition coefficient (Wildman–Crippen LogP) is 6.81. The largest absolute Gasteiger partial charge is 0.481 e. The highest BCUT2D eigenvalue weighted by atomic mass is 35.5. The molecule has 10 heteroatoms. The molecular weight excluding hydrogens is 623 g/mol. The van der Waals surface area contributed by atoms with Gasteiger partial charge in [0, 0.05) is 86.9 Å². The molecule has 2 aromatic carbocycles. The van der Waals surface area contributed by atoms with Crippen LogP contribution in [0.2, 0.25) is 10.0 Å². The van der Waals surface area contributed by atoms with Crippen LogP contribution in [0.3, 0.4) is 0 Å². The van der Waals surface area contributed by atoms with E-state index < -0.39 is 0 Å². The maximum absolute atomic E-state index is 7.21. The fourth-order valence-corrected chi connectivity index (χ4v) is 7.16. The summed E-state index contributed by atoms with van der Waals surface area (Å²) in [5.41, 5.74) is 9.50. The summed E-state index contributed by atoms with van der Waals surface area (Å²) < 4.78 is 22.2. The van der Waals surface area contributed by atoms with Gasteiger partial charge in [-0.3, -0.25) is 9.80 Å². The van der Waals surface area contributed by atoms with Crippen molar-refractivity contribution in [3.63, 3.8) is 0 Å². The molecule has 4 aromatic rings. The number of aromatic nitrogens is 2. The van der Waals surface area contributed by atoms with Gasteiger partial charge in [-0.2, -0.15) is 0 Å². The summed E-state index contributed by atoms with van der Waals surface area (Å²) >= 11 is 14.4. The zero-order valence-electron chi connectivity index (χ0n) is 26.9. The van der Waals surface area contributed by atoms with E-state index in [9.17, 15) is 0 Å².